The Kier molecular flexibility index (Phi) is 2.32. The van der Waals surface area contributed by atoms with Gasteiger partial charge in [0.1, 0.15) is 17.2 Å². The van der Waals surface area contributed by atoms with Crippen molar-refractivity contribution < 1.29 is 14.3 Å². The fourth-order valence-corrected chi connectivity index (χ4v) is 1.32. The maximum absolute atomic E-state index is 13.3. The molecule has 0 spiro atoms. The number of rotatable bonds is 2. The van der Waals surface area contributed by atoms with Gasteiger partial charge in [0.05, 0.1) is 0 Å². The number of aromatic carboxylic acids is 1. The highest BCUT2D eigenvalue weighted by atomic mass is 19.1. The molecule has 0 aliphatic rings. The molecule has 2 aromatic rings. The van der Waals surface area contributed by atoms with E-state index in [1.807, 2.05) is 0 Å². The zero-order chi connectivity index (χ0) is 11.7. The van der Waals surface area contributed by atoms with Crippen LogP contribution < -0.4 is 5.56 Å². The van der Waals surface area contributed by atoms with Gasteiger partial charge in [0, 0.05) is 6.07 Å². The molecule has 6 heteroatoms. The van der Waals surface area contributed by atoms with E-state index in [1.54, 1.807) is 6.07 Å². The lowest BCUT2D eigenvalue weighted by Crippen LogP contribution is -2.14. The van der Waals surface area contributed by atoms with Crippen LogP contribution >= 0.6 is 0 Å². The largest absolute Gasteiger partial charge is 0.477 e. The molecule has 0 fully saturated rings. The third kappa shape index (κ3) is 1.60. The number of carboxylic acids is 1. The van der Waals surface area contributed by atoms with E-state index in [2.05, 4.69) is 5.10 Å². The summed E-state index contributed by atoms with van der Waals surface area (Å²) in [5.41, 5.74) is -0.921. The summed E-state index contributed by atoms with van der Waals surface area (Å²) in [4.78, 5) is 22.0. The van der Waals surface area contributed by atoms with Crippen LogP contribution in [0.2, 0.25) is 0 Å². The van der Waals surface area contributed by atoms with E-state index in [9.17, 15) is 14.0 Å². The van der Waals surface area contributed by atoms with Crippen LogP contribution in [0.3, 0.4) is 0 Å². The summed E-state index contributed by atoms with van der Waals surface area (Å²) in [6.07, 6.45) is 0. The van der Waals surface area contributed by atoms with Gasteiger partial charge in [0.2, 0.25) is 0 Å². The van der Waals surface area contributed by atoms with Crippen LogP contribution in [0.15, 0.2) is 35.1 Å². The maximum atomic E-state index is 13.3. The number of carboxylic acid groups (broad SMARTS) is 1. The Morgan fingerprint density at radius 3 is 2.62 bits per heavy atom. The zero-order valence-corrected chi connectivity index (χ0v) is 7.98. The predicted molar refractivity (Wildman–Crippen MR) is 53.3 cm³/mol. The molecule has 0 unspecified atom stereocenters. The molecular weight excluding hydrogens is 215 g/mol. The number of nitrogens with one attached hydrogen (secondary N) is 1. The number of halogens is 1. The molecule has 1 aromatic carbocycles. The molecule has 0 amide bonds. The first kappa shape index (κ1) is 10.2. The van der Waals surface area contributed by atoms with Gasteiger partial charge in [-0.05, 0) is 12.1 Å². The van der Waals surface area contributed by atoms with Crippen molar-refractivity contribution in [2.75, 3.05) is 0 Å². The summed E-state index contributed by atoms with van der Waals surface area (Å²) < 4.78 is 14.2. The van der Waals surface area contributed by atoms with Crippen LogP contribution in [0.1, 0.15) is 10.5 Å². The summed E-state index contributed by atoms with van der Waals surface area (Å²) in [7, 11) is 0. The van der Waals surface area contributed by atoms with Crippen molar-refractivity contribution >= 4 is 5.97 Å². The van der Waals surface area contributed by atoms with Gasteiger partial charge in [0.25, 0.3) is 5.56 Å². The molecule has 82 valence electrons. The van der Waals surface area contributed by atoms with E-state index >= 15 is 0 Å². The molecule has 0 aliphatic heterocycles. The molecule has 1 aromatic heterocycles. The lowest BCUT2D eigenvalue weighted by molar-refractivity contribution is 0.0690. The number of para-hydroxylation sites is 1. The Morgan fingerprint density at radius 1 is 1.38 bits per heavy atom. The zero-order valence-electron chi connectivity index (χ0n) is 7.98. The number of benzene rings is 1. The quantitative estimate of drug-likeness (QED) is 0.796. The monoisotopic (exact) mass is 222 g/mol. The Bertz CT molecular complexity index is 600. The highest BCUT2D eigenvalue weighted by molar-refractivity contribution is 5.85. The number of hydrogen-bond acceptors (Lipinski definition) is 2. The molecule has 16 heavy (non-hydrogen) atoms. The Hall–Kier alpha value is -2.37. The molecule has 2 rings (SSSR count). The fraction of sp³-hybridized carbons (Fsp3) is 0. The fourth-order valence-electron chi connectivity index (χ4n) is 1.32. The van der Waals surface area contributed by atoms with Crippen LogP contribution in [0.5, 0.6) is 0 Å². The molecule has 0 saturated carbocycles. The smallest absolute Gasteiger partial charge is 0.353 e. The first-order chi connectivity index (χ1) is 7.59. The lowest BCUT2D eigenvalue weighted by Gasteiger charge is -2.02. The first-order valence-electron chi connectivity index (χ1n) is 4.40. The van der Waals surface area contributed by atoms with Gasteiger partial charge in [-0.3, -0.25) is 9.89 Å². The van der Waals surface area contributed by atoms with E-state index in [1.165, 1.54) is 18.2 Å². The number of H-pyrrole nitrogens is 1. The summed E-state index contributed by atoms with van der Waals surface area (Å²) in [6, 6.07) is 6.48. The standard InChI is InChI=1S/C10H7FN2O3/c11-6-3-1-2-4-8(6)13-9(14)5-7(12-13)10(15)16/h1-5,12H,(H,15,16). The molecule has 2 N–H and O–H groups in total. The number of aromatic amines is 1. The van der Waals surface area contributed by atoms with Crippen molar-refractivity contribution in [3.63, 3.8) is 0 Å². The van der Waals surface area contributed by atoms with Gasteiger partial charge in [0.15, 0.2) is 0 Å². The summed E-state index contributed by atoms with van der Waals surface area (Å²) in [5.74, 6) is -1.88. The van der Waals surface area contributed by atoms with Gasteiger partial charge in [-0.1, -0.05) is 12.1 Å². The third-order valence-electron chi connectivity index (χ3n) is 2.04. The van der Waals surface area contributed by atoms with Crippen molar-refractivity contribution in [1.29, 1.82) is 0 Å². The van der Waals surface area contributed by atoms with E-state index in [-0.39, 0.29) is 11.4 Å². The second-order valence-electron chi connectivity index (χ2n) is 3.10. The molecule has 0 radical (unpaired) electrons. The molecule has 0 atom stereocenters. The van der Waals surface area contributed by atoms with Gasteiger partial charge in [-0.15, -0.1) is 0 Å². The van der Waals surface area contributed by atoms with Crippen molar-refractivity contribution in [3.05, 3.63) is 52.2 Å². The minimum atomic E-state index is -1.27. The second kappa shape index (κ2) is 3.65. The van der Waals surface area contributed by atoms with Crippen molar-refractivity contribution in [1.82, 2.24) is 9.78 Å². The van der Waals surface area contributed by atoms with Gasteiger partial charge in [-0.25, -0.2) is 13.9 Å². The van der Waals surface area contributed by atoms with Crippen molar-refractivity contribution in [3.8, 4) is 5.69 Å². The lowest BCUT2D eigenvalue weighted by atomic mass is 10.3. The van der Waals surface area contributed by atoms with Crippen molar-refractivity contribution in [2.45, 2.75) is 0 Å². The average molecular weight is 222 g/mol. The second-order valence-corrected chi connectivity index (χ2v) is 3.10. The SMILES string of the molecule is O=C(O)c1cc(=O)n(-c2ccccc2F)[nH]1. The molecule has 0 aliphatic carbocycles. The van der Waals surface area contributed by atoms with E-state index in [4.69, 9.17) is 5.11 Å². The Labute approximate surface area is 88.7 Å². The molecule has 1 heterocycles. The van der Waals surface area contributed by atoms with Crippen LogP contribution in [0.4, 0.5) is 4.39 Å². The number of aromatic nitrogens is 2. The minimum Gasteiger partial charge on any atom is -0.477 e. The summed E-state index contributed by atoms with van der Waals surface area (Å²) in [5, 5.41) is 11.0. The van der Waals surface area contributed by atoms with Crippen LogP contribution in [-0.4, -0.2) is 20.9 Å². The van der Waals surface area contributed by atoms with Crippen LogP contribution in [0.25, 0.3) is 5.69 Å². The van der Waals surface area contributed by atoms with Crippen LogP contribution in [0, 0.1) is 5.82 Å². The first-order valence-corrected chi connectivity index (χ1v) is 4.40. The van der Waals surface area contributed by atoms with Gasteiger partial charge >= 0.3 is 5.97 Å². The molecule has 5 nitrogen and oxygen atoms in total. The Balaban J connectivity index is 2.61. The highest BCUT2D eigenvalue weighted by Gasteiger charge is 2.12. The summed E-state index contributed by atoms with van der Waals surface area (Å²) >= 11 is 0. The molecule has 0 saturated heterocycles. The topological polar surface area (TPSA) is 75.1 Å². The van der Waals surface area contributed by atoms with E-state index in [0.29, 0.717) is 0 Å². The van der Waals surface area contributed by atoms with E-state index < -0.39 is 17.3 Å². The number of hydrogen-bond donors (Lipinski definition) is 2. The Morgan fingerprint density at radius 2 is 2.06 bits per heavy atom. The highest BCUT2D eigenvalue weighted by Crippen LogP contribution is 2.09. The normalized spacial score (nSPS) is 10.3. The van der Waals surface area contributed by atoms with Gasteiger partial charge < -0.3 is 5.11 Å². The maximum Gasteiger partial charge on any atom is 0.353 e. The molecular formula is C10H7FN2O3. The minimum absolute atomic E-state index is 0.0139. The van der Waals surface area contributed by atoms with Gasteiger partial charge in [-0.2, -0.15) is 0 Å². The molecule has 0 bridgehead atoms. The average Bonchev–Trinajstić information content (AvgIpc) is 2.61. The number of nitrogens with zero attached hydrogens (tertiary/aromatic N) is 1. The van der Waals surface area contributed by atoms with E-state index in [0.717, 1.165) is 10.7 Å². The number of carbonyl (C=O) groups is 1. The summed E-state index contributed by atoms with van der Waals surface area (Å²) in [6.45, 7) is 0. The van der Waals surface area contributed by atoms with Crippen LogP contribution in [-0.2, 0) is 0 Å². The third-order valence-corrected chi connectivity index (χ3v) is 2.04. The predicted octanol–water partition coefficient (Wildman–Crippen LogP) is 1.00. The van der Waals surface area contributed by atoms with Crippen molar-refractivity contribution in [2.24, 2.45) is 0 Å².